The molecule has 3 N–H and O–H groups in total. The van der Waals surface area contributed by atoms with E-state index in [9.17, 15) is 4.79 Å². The Bertz CT molecular complexity index is 412. The van der Waals surface area contributed by atoms with E-state index < -0.39 is 0 Å². The van der Waals surface area contributed by atoms with Gasteiger partial charge in [0.2, 0.25) is 5.91 Å². The average Bonchev–Trinajstić information content (AvgIpc) is 2.99. The molecule has 0 unspecified atom stereocenters. The Morgan fingerprint density at radius 2 is 1.77 bits per heavy atom. The molecule has 26 heavy (non-hydrogen) atoms. The van der Waals surface area contributed by atoms with Gasteiger partial charge in [0, 0.05) is 32.1 Å². The van der Waals surface area contributed by atoms with Crippen molar-refractivity contribution >= 4 is 11.9 Å². The van der Waals surface area contributed by atoms with Crippen LogP contribution in [-0.4, -0.2) is 62.1 Å². The number of guanidine groups is 1. The highest BCUT2D eigenvalue weighted by Crippen LogP contribution is 2.17. The van der Waals surface area contributed by atoms with Crippen molar-refractivity contribution in [3.05, 3.63) is 0 Å². The Balaban J connectivity index is 1.59. The molecular formula is C20H39N5O. The van der Waals surface area contributed by atoms with Crippen LogP contribution in [0.25, 0.3) is 0 Å². The summed E-state index contributed by atoms with van der Waals surface area (Å²) in [4.78, 5) is 19.2. The summed E-state index contributed by atoms with van der Waals surface area (Å²) in [6, 6.07) is 0.406. The topological polar surface area (TPSA) is 68.8 Å². The van der Waals surface area contributed by atoms with E-state index >= 15 is 0 Å². The highest BCUT2D eigenvalue weighted by molar-refractivity contribution is 5.81. The summed E-state index contributed by atoms with van der Waals surface area (Å²) in [6.07, 6.45) is 11.8. The first-order valence-corrected chi connectivity index (χ1v) is 10.8. The van der Waals surface area contributed by atoms with Crippen LogP contribution >= 0.6 is 0 Å². The van der Waals surface area contributed by atoms with Gasteiger partial charge in [-0.25, -0.2) is 0 Å². The van der Waals surface area contributed by atoms with Crippen LogP contribution in [0.15, 0.2) is 4.99 Å². The molecule has 1 heterocycles. The molecule has 0 aromatic carbocycles. The van der Waals surface area contributed by atoms with Crippen molar-refractivity contribution in [1.82, 2.24) is 20.9 Å². The number of carbonyl (C=O) groups excluding carboxylic acids is 1. The molecule has 6 nitrogen and oxygen atoms in total. The first-order valence-electron chi connectivity index (χ1n) is 10.8. The van der Waals surface area contributed by atoms with Crippen molar-refractivity contribution in [2.75, 3.05) is 39.3 Å². The van der Waals surface area contributed by atoms with Crippen molar-refractivity contribution in [3.8, 4) is 0 Å². The number of nitrogens with one attached hydrogen (secondary N) is 3. The number of likely N-dealkylation sites (tertiary alicyclic amines) is 1. The van der Waals surface area contributed by atoms with Gasteiger partial charge in [0.05, 0.1) is 0 Å². The monoisotopic (exact) mass is 365 g/mol. The second-order valence-electron chi connectivity index (χ2n) is 7.60. The Kier molecular flexibility index (Phi) is 10.5. The van der Waals surface area contributed by atoms with Crippen LogP contribution in [0.3, 0.4) is 0 Å². The minimum Gasteiger partial charge on any atom is -0.357 e. The average molecular weight is 366 g/mol. The largest absolute Gasteiger partial charge is 0.357 e. The smallest absolute Gasteiger partial charge is 0.221 e. The van der Waals surface area contributed by atoms with Gasteiger partial charge in [-0.15, -0.1) is 0 Å². The van der Waals surface area contributed by atoms with Crippen LogP contribution in [0.5, 0.6) is 0 Å². The highest BCUT2D eigenvalue weighted by Gasteiger charge is 2.16. The summed E-state index contributed by atoms with van der Waals surface area (Å²) < 4.78 is 0. The van der Waals surface area contributed by atoms with E-state index in [0.717, 1.165) is 44.9 Å². The second kappa shape index (κ2) is 13.0. The molecular weight excluding hydrogens is 326 g/mol. The summed E-state index contributed by atoms with van der Waals surface area (Å²) in [7, 11) is 0. The van der Waals surface area contributed by atoms with Crippen LogP contribution in [0.1, 0.15) is 71.1 Å². The zero-order valence-corrected chi connectivity index (χ0v) is 16.7. The molecule has 0 radical (unpaired) electrons. The minimum atomic E-state index is 0.154. The fourth-order valence-corrected chi connectivity index (χ4v) is 3.85. The van der Waals surface area contributed by atoms with E-state index in [2.05, 4.69) is 32.8 Å². The fraction of sp³-hybridized carbons (Fsp3) is 0.900. The van der Waals surface area contributed by atoms with E-state index in [0.29, 0.717) is 19.0 Å². The number of amides is 1. The number of hydrogen-bond acceptors (Lipinski definition) is 3. The molecule has 2 fully saturated rings. The number of rotatable bonds is 9. The van der Waals surface area contributed by atoms with E-state index in [1.165, 1.54) is 51.6 Å². The lowest BCUT2D eigenvalue weighted by Gasteiger charge is -2.19. The second-order valence-corrected chi connectivity index (χ2v) is 7.60. The van der Waals surface area contributed by atoms with Crippen molar-refractivity contribution in [2.24, 2.45) is 4.99 Å². The molecule has 0 aromatic rings. The maximum atomic E-state index is 12.0. The normalized spacial score (nSPS) is 20.0. The Morgan fingerprint density at radius 1 is 1.04 bits per heavy atom. The molecule has 150 valence electrons. The van der Waals surface area contributed by atoms with Gasteiger partial charge in [0.15, 0.2) is 5.96 Å². The number of nitrogens with zero attached hydrogens (tertiary/aromatic N) is 2. The van der Waals surface area contributed by atoms with Crippen LogP contribution in [0.4, 0.5) is 0 Å². The standard InChI is InChI=1S/C20H39N5O/c1-2-21-20(22-13-9-17-25-15-7-3-4-8-16-25)23-14-12-19(26)24-18-10-5-6-11-18/h18H,2-17H2,1H3,(H,24,26)(H2,21,22,23). The summed E-state index contributed by atoms with van der Waals surface area (Å²) in [5.41, 5.74) is 0. The number of aliphatic imine (C=N–C) groups is 1. The third-order valence-corrected chi connectivity index (χ3v) is 5.31. The Labute approximate surface area is 159 Å². The molecule has 1 aliphatic heterocycles. The van der Waals surface area contributed by atoms with Crippen LogP contribution in [-0.2, 0) is 4.79 Å². The zero-order chi connectivity index (χ0) is 18.5. The van der Waals surface area contributed by atoms with E-state index in [1.54, 1.807) is 0 Å². The minimum absolute atomic E-state index is 0.154. The van der Waals surface area contributed by atoms with Crippen LogP contribution < -0.4 is 16.0 Å². The lowest BCUT2D eigenvalue weighted by atomic mass is 10.2. The quantitative estimate of drug-likeness (QED) is 0.333. The molecule has 2 aliphatic rings. The van der Waals surface area contributed by atoms with E-state index in [1.807, 2.05) is 0 Å². The molecule has 1 saturated heterocycles. The summed E-state index contributed by atoms with van der Waals surface area (Å²) in [5, 5.41) is 9.69. The summed E-state index contributed by atoms with van der Waals surface area (Å²) >= 11 is 0. The van der Waals surface area contributed by atoms with Gasteiger partial charge in [0.25, 0.3) is 0 Å². The Morgan fingerprint density at radius 3 is 2.46 bits per heavy atom. The molecule has 0 atom stereocenters. The van der Waals surface area contributed by atoms with Gasteiger partial charge in [0.1, 0.15) is 0 Å². The number of hydrogen-bond donors (Lipinski definition) is 3. The van der Waals surface area contributed by atoms with Gasteiger partial charge in [-0.3, -0.25) is 9.79 Å². The molecule has 2 rings (SSSR count). The molecule has 0 bridgehead atoms. The summed E-state index contributed by atoms with van der Waals surface area (Å²) in [5.74, 6) is 0.985. The van der Waals surface area contributed by atoms with Gasteiger partial charge in [-0.2, -0.15) is 0 Å². The predicted molar refractivity (Wildman–Crippen MR) is 109 cm³/mol. The highest BCUT2D eigenvalue weighted by atomic mass is 16.1. The van der Waals surface area contributed by atoms with E-state index in [4.69, 9.17) is 0 Å². The summed E-state index contributed by atoms with van der Waals surface area (Å²) in [6.45, 7) is 8.02. The molecule has 0 spiro atoms. The molecule has 6 heteroatoms. The van der Waals surface area contributed by atoms with Crippen LogP contribution in [0.2, 0.25) is 0 Å². The molecule has 1 aliphatic carbocycles. The van der Waals surface area contributed by atoms with Gasteiger partial charge in [-0.1, -0.05) is 25.7 Å². The third-order valence-electron chi connectivity index (χ3n) is 5.31. The first-order chi connectivity index (χ1) is 12.8. The van der Waals surface area contributed by atoms with Crippen molar-refractivity contribution in [1.29, 1.82) is 0 Å². The van der Waals surface area contributed by atoms with Gasteiger partial charge < -0.3 is 20.9 Å². The lowest BCUT2D eigenvalue weighted by molar-refractivity contribution is -0.121. The Hall–Kier alpha value is -1.30. The first kappa shape index (κ1) is 21.0. The van der Waals surface area contributed by atoms with Gasteiger partial charge in [-0.05, 0) is 58.7 Å². The molecule has 0 aromatic heterocycles. The third kappa shape index (κ3) is 8.88. The zero-order valence-electron chi connectivity index (χ0n) is 16.7. The van der Waals surface area contributed by atoms with Crippen LogP contribution in [0, 0.1) is 0 Å². The van der Waals surface area contributed by atoms with Gasteiger partial charge >= 0.3 is 0 Å². The SMILES string of the molecule is CCNC(=NCCCN1CCCCCC1)NCCC(=O)NC1CCCC1. The lowest BCUT2D eigenvalue weighted by Crippen LogP contribution is -2.40. The number of carbonyl (C=O) groups is 1. The van der Waals surface area contributed by atoms with E-state index in [-0.39, 0.29) is 5.91 Å². The fourth-order valence-electron chi connectivity index (χ4n) is 3.85. The maximum Gasteiger partial charge on any atom is 0.221 e. The maximum absolute atomic E-state index is 12.0. The molecule has 1 saturated carbocycles. The predicted octanol–water partition coefficient (Wildman–Crippen LogP) is 2.26. The molecule has 1 amide bonds. The van der Waals surface area contributed by atoms with Crippen molar-refractivity contribution in [2.45, 2.75) is 77.2 Å². The van der Waals surface area contributed by atoms with Crippen molar-refractivity contribution < 1.29 is 4.79 Å². The van der Waals surface area contributed by atoms with Crippen molar-refractivity contribution in [3.63, 3.8) is 0 Å².